The molecule has 84 valence electrons. The van der Waals surface area contributed by atoms with Crippen molar-refractivity contribution in [3.05, 3.63) is 67.3 Å². The molecule has 0 aliphatic rings. The van der Waals surface area contributed by atoms with E-state index < -0.39 is 0 Å². The van der Waals surface area contributed by atoms with Gasteiger partial charge in [0.05, 0.1) is 0 Å². The van der Waals surface area contributed by atoms with Crippen LogP contribution in [0.3, 0.4) is 0 Å². The average molecular weight is 323 g/mol. The molecule has 2 aromatic carbocycles. The SMILES string of the molecule is CC(C)c1ccc([I-]c2ccccc2)cc1. The number of hydrogen-bond donors (Lipinski definition) is 0. The van der Waals surface area contributed by atoms with E-state index in [1.165, 1.54) is 12.7 Å². The number of benzene rings is 2. The zero-order valence-electron chi connectivity index (χ0n) is 9.65. The molecule has 1 heteroatoms. The Morgan fingerprint density at radius 2 is 1.31 bits per heavy atom. The van der Waals surface area contributed by atoms with Crippen molar-refractivity contribution in [1.82, 2.24) is 0 Å². The number of halogens is 1. The number of hydrogen-bond acceptors (Lipinski definition) is 0. The van der Waals surface area contributed by atoms with Crippen LogP contribution in [-0.2, 0) is 0 Å². The summed E-state index contributed by atoms with van der Waals surface area (Å²) in [6, 6.07) is 19.9. The topological polar surface area (TPSA) is 0 Å². The van der Waals surface area contributed by atoms with E-state index in [2.05, 4.69) is 68.4 Å². The van der Waals surface area contributed by atoms with Crippen LogP contribution in [0.25, 0.3) is 0 Å². The fraction of sp³-hybridized carbons (Fsp3) is 0.200. The molecule has 0 unspecified atom stereocenters. The molecule has 0 aliphatic carbocycles. The van der Waals surface area contributed by atoms with E-state index in [9.17, 15) is 0 Å². The Hall–Kier alpha value is -0.830. The molecule has 2 rings (SSSR count). The first kappa shape index (κ1) is 11.6. The molecular weight excluding hydrogens is 307 g/mol. The van der Waals surface area contributed by atoms with E-state index >= 15 is 0 Å². The number of rotatable bonds is 3. The molecule has 0 spiro atoms. The van der Waals surface area contributed by atoms with Gasteiger partial charge in [-0.3, -0.25) is 0 Å². The van der Waals surface area contributed by atoms with E-state index in [4.69, 9.17) is 0 Å². The fourth-order valence-electron chi connectivity index (χ4n) is 1.51. The van der Waals surface area contributed by atoms with Crippen molar-refractivity contribution in [2.24, 2.45) is 0 Å². The summed E-state index contributed by atoms with van der Waals surface area (Å²) < 4.78 is 2.98. The van der Waals surface area contributed by atoms with Gasteiger partial charge in [0.2, 0.25) is 0 Å². The van der Waals surface area contributed by atoms with Crippen molar-refractivity contribution in [2.45, 2.75) is 19.8 Å². The zero-order chi connectivity index (χ0) is 11.4. The molecule has 0 nitrogen and oxygen atoms in total. The molecule has 0 amide bonds. The third-order valence-electron chi connectivity index (χ3n) is 2.49. The molecule has 0 aromatic heterocycles. The summed E-state index contributed by atoms with van der Waals surface area (Å²) in [6.45, 7) is 4.47. The van der Waals surface area contributed by atoms with Crippen LogP contribution in [0.4, 0.5) is 0 Å². The maximum atomic E-state index is 2.29. The molecular formula is C15H16I-. The second-order valence-electron chi connectivity index (χ2n) is 4.10. The minimum atomic E-state index is -0.00394. The quantitative estimate of drug-likeness (QED) is 0.738. The van der Waals surface area contributed by atoms with Gasteiger partial charge >= 0.3 is 108 Å². The first-order chi connectivity index (χ1) is 7.75. The van der Waals surface area contributed by atoms with Crippen LogP contribution in [0.1, 0.15) is 25.3 Å². The van der Waals surface area contributed by atoms with Crippen molar-refractivity contribution >= 4 is 0 Å². The minimum absolute atomic E-state index is 0.00394. The molecule has 0 saturated carbocycles. The second kappa shape index (κ2) is 5.48. The summed E-state index contributed by atoms with van der Waals surface area (Å²) in [7, 11) is 0. The van der Waals surface area contributed by atoms with Crippen LogP contribution in [0.2, 0.25) is 0 Å². The summed E-state index contributed by atoms with van der Waals surface area (Å²) in [5.41, 5.74) is 1.43. The van der Waals surface area contributed by atoms with Gasteiger partial charge in [0.15, 0.2) is 0 Å². The van der Waals surface area contributed by atoms with Gasteiger partial charge in [-0.25, -0.2) is 0 Å². The zero-order valence-corrected chi connectivity index (χ0v) is 11.8. The van der Waals surface area contributed by atoms with Crippen molar-refractivity contribution in [3.63, 3.8) is 0 Å². The van der Waals surface area contributed by atoms with Crippen LogP contribution >= 0.6 is 0 Å². The van der Waals surface area contributed by atoms with E-state index in [1.54, 1.807) is 0 Å². The summed E-state index contributed by atoms with van der Waals surface area (Å²) in [4.78, 5) is 0. The molecule has 0 radical (unpaired) electrons. The van der Waals surface area contributed by atoms with Crippen molar-refractivity contribution < 1.29 is 21.2 Å². The molecule has 0 saturated heterocycles. The van der Waals surface area contributed by atoms with Crippen molar-refractivity contribution in [3.8, 4) is 0 Å². The normalized spacial score (nSPS) is 10.9. The predicted molar refractivity (Wildman–Crippen MR) is 64.4 cm³/mol. The van der Waals surface area contributed by atoms with Crippen LogP contribution in [0.5, 0.6) is 0 Å². The van der Waals surface area contributed by atoms with Crippen LogP contribution < -0.4 is 21.2 Å². The molecule has 2 aromatic rings. The monoisotopic (exact) mass is 323 g/mol. The van der Waals surface area contributed by atoms with Gasteiger partial charge in [-0.1, -0.05) is 0 Å². The average Bonchev–Trinajstić information content (AvgIpc) is 2.31. The fourth-order valence-corrected chi connectivity index (χ4v) is 3.73. The Labute approximate surface area is 108 Å². The summed E-state index contributed by atoms with van der Waals surface area (Å²) in [5.74, 6) is 0.629. The molecule has 0 aliphatic heterocycles. The van der Waals surface area contributed by atoms with E-state index in [0.29, 0.717) is 5.92 Å². The van der Waals surface area contributed by atoms with Gasteiger partial charge in [0, 0.05) is 0 Å². The van der Waals surface area contributed by atoms with E-state index in [-0.39, 0.29) is 21.2 Å². The Morgan fingerprint density at radius 1 is 0.750 bits per heavy atom. The third-order valence-corrected chi connectivity index (χ3v) is 5.17. The van der Waals surface area contributed by atoms with Gasteiger partial charge < -0.3 is 0 Å². The molecule has 0 fully saturated rings. The second-order valence-corrected chi connectivity index (χ2v) is 7.13. The standard InChI is InChI=1S/C15H16I/c1-12(2)13-8-10-15(11-9-13)16-14-6-4-3-5-7-14/h3-12H,1-2H3/q-1. The first-order valence-electron chi connectivity index (χ1n) is 5.55. The third kappa shape index (κ3) is 3.08. The summed E-state index contributed by atoms with van der Waals surface area (Å²) in [6.07, 6.45) is 0. The Bertz CT molecular complexity index is 429. The summed E-state index contributed by atoms with van der Waals surface area (Å²) >= 11 is -0.00394. The predicted octanol–water partition coefficient (Wildman–Crippen LogP) is 0.938. The molecule has 0 bridgehead atoms. The Kier molecular flexibility index (Phi) is 3.99. The van der Waals surface area contributed by atoms with Crippen LogP contribution in [0.15, 0.2) is 54.6 Å². The molecule has 16 heavy (non-hydrogen) atoms. The Morgan fingerprint density at radius 3 is 1.88 bits per heavy atom. The van der Waals surface area contributed by atoms with E-state index in [0.717, 1.165) is 0 Å². The maximum absolute atomic E-state index is 2.29. The van der Waals surface area contributed by atoms with Crippen LogP contribution in [0, 0.1) is 7.14 Å². The molecule has 0 atom stereocenters. The molecule has 0 heterocycles. The molecule has 0 N–H and O–H groups in total. The van der Waals surface area contributed by atoms with Gasteiger partial charge in [0.1, 0.15) is 0 Å². The summed E-state index contributed by atoms with van der Waals surface area (Å²) in [5, 5.41) is 0. The van der Waals surface area contributed by atoms with Gasteiger partial charge in [-0.2, -0.15) is 0 Å². The van der Waals surface area contributed by atoms with Crippen molar-refractivity contribution in [2.75, 3.05) is 0 Å². The van der Waals surface area contributed by atoms with Crippen molar-refractivity contribution in [1.29, 1.82) is 0 Å². The van der Waals surface area contributed by atoms with Gasteiger partial charge in [-0.05, 0) is 0 Å². The van der Waals surface area contributed by atoms with E-state index in [1.807, 2.05) is 0 Å². The Balaban J connectivity index is 2.11. The van der Waals surface area contributed by atoms with Gasteiger partial charge in [-0.15, -0.1) is 0 Å². The van der Waals surface area contributed by atoms with Crippen LogP contribution in [-0.4, -0.2) is 0 Å². The first-order valence-corrected chi connectivity index (χ1v) is 7.71. The van der Waals surface area contributed by atoms with Gasteiger partial charge in [0.25, 0.3) is 0 Å².